The molecule has 4 nitrogen and oxygen atoms in total. The van der Waals surface area contributed by atoms with Crippen LogP contribution in [0.1, 0.15) is 12.7 Å². The lowest BCUT2D eigenvalue weighted by atomic mass is 10.4. The Morgan fingerprint density at radius 3 is 2.57 bits per heavy atom. The van der Waals surface area contributed by atoms with Crippen LogP contribution in [0.25, 0.3) is 0 Å². The van der Waals surface area contributed by atoms with Crippen molar-refractivity contribution >= 4 is 11.6 Å². The lowest BCUT2D eigenvalue weighted by Crippen LogP contribution is -2.06. The summed E-state index contributed by atoms with van der Waals surface area (Å²) < 4.78 is 0. The summed E-state index contributed by atoms with van der Waals surface area (Å²) in [7, 11) is 0. The molecule has 0 aliphatic heterocycles. The number of aromatic nitrogens is 2. The van der Waals surface area contributed by atoms with E-state index in [0.29, 0.717) is 6.54 Å². The number of rotatable bonds is 5. The van der Waals surface area contributed by atoms with Crippen LogP contribution in [0.4, 0.5) is 11.6 Å². The number of hydrogen-bond acceptors (Lipinski definition) is 4. The summed E-state index contributed by atoms with van der Waals surface area (Å²) in [6, 6.07) is 1.89. The molecule has 0 fully saturated rings. The van der Waals surface area contributed by atoms with Crippen LogP contribution in [0.15, 0.2) is 18.7 Å². The number of nitrogens with one attached hydrogen (secondary N) is 2. The van der Waals surface area contributed by atoms with Crippen LogP contribution < -0.4 is 10.6 Å². The summed E-state index contributed by atoms with van der Waals surface area (Å²) in [5, 5.41) is 6.27. The van der Waals surface area contributed by atoms with Gasteiger partial charge in [-0.1, -0.05) is 6.08 Å². The fraction of sp³-hybridized carbons (Fsp3) is 0.400. The molecule has 0 aliphatic rings. The summed E-state index contributed by atoms with van der Waals surface area (Å²) in [5.74, 6) is 2.44. The van der Waals surface area contributed by atoms with Crippen molar-refractivity contribution in [2.24, 2.45) is 0 Å². The van der Waals surface area contributed by atoms with Gasteiger partial charge in [-0.25, -0.2) is 9.97 Å². The quantitative estimate of drug-likeness (QED) is 0.699. The number of hydrogen-bond donors (Lipinski definition) is 2. The Bertz CT molecular complexity index is 309. The van der Waals surface area contributed by atoms with Crippen LogP contribution in [0.5, 0.6) is 0 Å². The van der Waals surface area contributed by atoms with Gasteiger partial charge in [-0.15, -0.1) is 6.58 Å². The molecule has 0 spiro atoms. The summed E-state index contributed by atoms with van der Waals surface area (Å²) in [6.07, 6.45) is 1.80. The fourth-order valence-electron chi connectivity index (χ4n) is 1.11. The second-order valence-corrected chi connectivity index (χ2v) is 2.89. The molecule has 0 aromatic carbocycles. The molecule has 0 saturated carbocycles. The zero-order chi connectivity index (χ0) is 10.4. The lowest BCUT2D eigenvalue weighted by molar-refractivity contribution is 1.03. The topological polar surface area (TPSA) is 49.8 Å². The first-order valence-corrected chi connectivity index (χ1v) is 4.70. The van der Waals surface area contributed by atoms with Crippen LogP contribution in [-0.2, 0) is 0 Å². The molecular formula is C10H16N4. The third kappa shape index (κ3) is 3.05. The second-order valence-electron chi connectivity index (χ2n) is 2.89. The van der Waals surface area contributed by atoms with Gasteiger partial charge >= 0.3 is 0 Å². The van der Waals surface area contributed by atoms with Gasteiger partial charge in [-0.05, 0) is 13.8 Å². The van der Waals surface area contributed by atoms with Gasteiger partial charge in [0, 0.05) is 19.2 Å². The molecule has 0 atom stereocenters. The molecule has 1 heterocycles. The molecule has 0 saturated heterocycles. The SMILES string of the molecule is C=CCNc1cc(NCC)nc(C)n1. The van der Waals surface area contributed by atoms with Gasteiger partial charge in [0.2, 0.25) is 0 Å². The molecule has 4 heteroatoms. The molecular weight excluding hydrogens is 176 g/mol. The highest BCUT2D eigenvalue weighted by Crippen LogP contribution is 2.10. The normalized spacial score (nSPS) is 9.57. The Morgan fingerprint density at radius 1 is 1.36 bits per heavy atom. The van der Waals surface area contributed by atoms with Crippen molar-refractivity contribution < 1.29 is 0 Å². The van der Waals surface area contributed by atoms with E-state index in [9.17, 15) is 0 Å². The molecule has 0 bridgehead atoms. The zero-order valence-corrected chi connectivity index (χ0v) is 8.67. The van der Waals surface area contributed by atoms with Gasteiger partial charge < -0.3 is 10.6 Å². The third-order valence-electron chi connectivity index (χ3n) is 1.62. The van der Waals surface area contributed by atoms with Crippen molar-refractivity contribution in [3.63, 3.8) is 0 Å². The lowest BCUT2D eigenvalue weighted by Gasteiger charge is -2.07. The average Bonchev–Trinajstić information content (AvgIpc) is 2.14. The molecule has 0 aliphatic carbocycles. The van der Waals surface area contributed by atoms with E-state index in [0.717, 1.165) is 24.0 Å². The maximum Gasteiger partial charge on any atom is 0.132 e. The van der Waals surface area contributed by atoms with Gasteiger partial charge in [0.25, 0.3) is 0 Å². The van der Waals surface area contributed by atoms with Crippen molar-refractivity contribution in [3.05, 3.63) is 24.5 Å². The number of anilines is 2. The Kier molecular flexibility index (Phi) is 3.91. The molecule has 1 rings (SSSR count). The molecule has 0 amide bonds. The molecule has 14 heavy (non-hydrogen) atoms. The second kappa shape index (κ2) is 5.21. The van der Waals surface area contributed by atoms with Gasteiger partial charge in [0.1, 0.15) is 17.5 Å². The van der Waals surface area contributed by atoms with Crippen molar-refractivity contribution in [3.8, 4) is 0 Å². The van der Waals surface area contributed by atoms with E-state index >= 15 is 0 Å². The Hall–Kier alpha value is -1.58. The van der Waals surface area contributed by atoms with E-state index in [4.69, 9.17) is 0 Å². The Balaban J connectivity index is 2.77. The van der Waals surface area contributed by atoms with E-state index in [-0.39, 0.29) is 0 Å². The first-order valence-electron chi connectivity index (χ1n) is 4.70. The summed E-state index contributed by atoms with van der Waals surface area (Å²) in [6.45, 7) is 9.12. The molecule has 0 radical (unpaired) electrons. The molecule has 1 aromatic heterocycles. The summed E-state index contributed by atoms with van der Waals surface area (Å²) in [4.78, 5) is 8.49. The number of aryl methyl sites for hydroxylation is 1. The molecule has 1 aromatic rings. The van der Waals surface area contributed by atoms with Gasteiger partial charge in [-0.2, -0.15) is 0 Å². The zero-order valence-electron chi connectivity index (χ0n) is 8.67. The van der Waals surface area contributed by atoms with Gasteiger partial charge in [-0.3, -0.25) is 0 Å². The monoisotopic (exact) mass is 192 g/mol. The van der Waals surface area contributed by atoms with Crippen molar-refractivity contribution in [2.45, 2.75) is 13.8 Å². The van der Waals surface area contributed by atoms with E-state index in [1.165, 1.54) is 0 Å². The summed E-state index contributed by atoms with van der Waals surface area (Å²) >= 11 is 0. The predicted octanol–water partition coefficient (Wildman–Crippen LogP) is 1.81. The van der Waals surface area contributed by atoms with E-state index in [1.54, 1.807) is 6.08 Å². The van der Waals surface area contributed by atoms with Crippen LogP contribution in [0, 0.1) is 6.92 Å². The van der Waals surface area contributed by atoms with E-state index in [2.05, 4.69) is 27.2 Å². The highest BCUT2D eigenvalue weighted by Gasteiger charge is 1.99. The van der Waals surface area contributed by atoms with Crippen LogP contribution >= 0.6 is 0 Å². The minimum Gasteiger partial charge on any atom is -0.370 e. The Morgan fingerprint density at radius 2 is 2.00 bits per heavy atom. The van der Waals surface area contributed by atoms with Crippen molar-refractivity contribution in [2.75, 3.05) is 23.7 Å². The first kappa shape index (κ1) is 10.5. The smallest absolute Gasteiger partial charge is 0.132 e. The molecule has 2 N–H and O–H groups in total. The van der Waals surface area contributed by atoms with E-state index < -0.39 is 0 Å². The highest BCUT2D eigenvalue weighted by molar-refractivity contribution is 5.47. The first-order chi connectivity index (χ1) is 6.76. The molecule has 76 valence electrons. The predicted molar refractivity (Wildman–Crippen MR) is 59.6 cm³/mol. The van der Waals surface area contributed by atoms with E-state index in [1.807, 2.05) is 19.9 Å². The van der Waals surface area contributed by atoms with Gasteiger partial charge in [0.05, 0.1) is 0 Å². The van der Waals surface area contributed by atoms with Crippen LogP contribution in [0.2, 0.25) is 0 Å². The van der Waals surface area contributed by atoms with Crippen LogP contribution in [-0.4, -0.2) is 23.1 Å². The highest BCUT2D eigenvalue weighted by atomic mass is 15.1. The fourth-order valence-corrected chi connectivity index (χ4v) is 1.11. The Labute approximate surface area is 84.5 Å². The summed E-state index contributed by atoms with van der Waals surface area (Å²) in [5.41, 5.74) is 0. The van der Waals surface area contributed by atoms with Crippen molar-refractivity contribution in [1.82, 2.24) is 9.97 Å². The maximum absolute atomic E-state index is 4.24. The minimum atomic E-state index is 0.710. The molecule has 0 unspecified atom stereocenters. The standard InChI is InChI=1S/C10H16N4/c1-4-6-12-10-7-9(11-5-2)13-8(3)14-10/h4,7H,1,5-6H2,2-3H3,(H2,11,12,13,14). The van der Waals surface area contributed by atoms with Crippen LogP contribution in [0.3, 0.4) is 0 Å². The largest absolute Gasteiger partial charge is 0.370 e. The minimum absolute atomic E-state index is 0.710. The average molecular weight is 192 g/mol. The number of nitrogens with zero attached hydrogens (tertiary/aromatic N) is 2. The van der Waals surface area contributed by atoms with Gasteiger partial charge in [0.15, 0.2) is 0 Å². The van der Waals surface area contributed by atoms with Crippen molar-refractivity contribution in [1.29, 1.82) is 0 Å². The maximum atomic E-state index is 4.24. The third-order valence-corrected chi connectivity index (χ3v) is 1.62.